The first-order valence-electron chi connectivity index (χ1n) is 5.03. The number of hydrogen-bond acceptors (Lipinski definition) is 4. The van der Waals surface area contributed by atoms with Gasteiger partial charge in [-0.2, -0.15) is 21.6 Å². The van der Waals surface area contributed by atoms with Crippen molar-refractivity contribution in [2.24, 2.45) is 5.92 Å². The van der Waals surface area contributed by atoms with Crippen molar-refractivity contribution in [1.82, 2.24) is 0 Å². The van der Waals surface area contributed by atoms with Crippen LogP contribution in [0.15, 0.2) is 0 Å². The molecular weight excluding hydrogens is 261 g/mol. The van der Waals surface area contributed by atoms with Crippen LogP contribution in [0.5, 0.6) is 0 Å². The Morgan fingerprint density at radius 3 is 2.24 bits per heavy atom. The van der Waals surface area contributed by atoms with Crippen LogP contribution in [0.3, 0.4) is 0 Å². The fraction of sp³-hybridized carbons (Fsp3) is 0.889. The predicted molar refractivity (Wildman–Crippen MR) is 54.6 cm³/mol. The number of carbonyl (C=O) groups excluding carboxylic acids is 1. The molecule has 0 bridgehead atoms. The average molecular weight is 276 g/mol. The van der Waals surface area contributed by atoms with Gasteiger partial charge in [0.1, 0.15) is 0 Å². The molecule has 0 aliphatic rings. The van der Waals surface area contributed by atoms with Crippen LogP contribution >= 0.6 is 0 Å². The quantitative estimate of drug-likeness (QED) is 0.698. The highest BCUT2D eigenvalue weighted by molar-refractivity contribution is 7.87. The lowest BCUT2D eigenvalue weighted by atomic mass is 10.1. The fourth-order valence-corrected chi connectivity index (χ4v) is 1.80. The lowest BCUT2D eigenvalue weighted by Crippen LogP contribution is -2.21. The average Bonchev–Trinajstić information content (AvgIpc) is 2.10. The molecule has 0 aromatic carbocycles. The van der Waals surface area contributed by atoms with Crippen molar-refractivity contribution >= 4 is 16.1 Å². The van der Waals surface area contributed by atoms with Crippen LogP contribution in [0.25, 0.3) is 0 Å². The lowest BCUT2D eigenvalue weighted by Gasteiger charge is -2.08. The summed E-state index contributed by atoms with van der Waals surface area (Å²) in [5.41, 5.74) is 0. The standard InChI is InChI=1S/C9H15F3O4S/c1-7(2)3-4-8(13)16-17(14,15)6-5-9(10,11)12/h7H,3-6H2,1-2H3. The predicted octanol–water partition coefficient (Wildman–Crippen LogP) is 2.25. The number of alkyl halides is 3. The van der Waals surface area contributed by atoms with Crippen molar-refractivity contribution in [2.75, 3.05) is 5.75 Å². The van der Waals surface area contributed by atoms with Crippen molar-refractivity contribution in [3.05, 3.63) is 0 Å². The molecule has 0 aliphatic heterocycles. The Bertz CT molecular complexity index is 346. The summed E-state index contributed by atoms with van der Waals surface area (Å²) >= 11 is 0. The maximum atomic E-state index is 11.8. The molecule has 0 aliphatic carbocycles. The van der Waals surface area contributed by atoms with Gasteiger partial charge in [-0.1, -0.05) is 13.8 Å². The van der Waals surface area contributed by atoms with E-state index in [1.54, 1.807) is 0 Å². The molecule has 0 heterocycles. The maximum Gasteiger partial charge on any atom is 0.390 e. The van der Waals surface area contributed by atoms with Gasteiger partial charge < -0.3 is 4.18 Å². The second-order valence-corrected chi connectivity index (χ2v) is 5.71. The lowest BCUT2D eigenvalue weighted by molar-refractivity contribution is -0.136. The van der Waals surface area contributed by atoms with Gasteiger partial charge in [-0.25, -0.2) is 0 Å². The van der Waals surface area contributed by atoms with Crippen LogP contribution in [0.4, 0.5) is 13.2 Å². The zero-order chi connectivity index (χ0) is 13.7. The van der Waals surface area contributed by atoms with Gasteiger partial charge in [0, 0.05) is 6.42 Å². The first-order valence-corrected chi connectivity index (χ1v) is 6.61. The Hall–Kier alpha value is -0.790. The van der Waals surface area contributed by atoms with Crippen LogP contribution in [-0.2, 0) is 19.1 Å². The summed E-state index contributed by atoms with van der Waals surface area (Å²) in [4.78, 5) is 11.0. The van der Waals surface area contributed by atoms with E-state index in [-0.39, 0.29) is 12.3 Å². The van der Waals surface area contributed by atoms with Gasteiger partial charge >= 0.3 is 22.3 Å². The van der Waals surface area contributed by atoms with Crippen LogP contribution in [0, 0.1) is 5.92 Å². The number of carbonyl (C=O) groups is 1. The molecule has 0 aromatic heterocycles. The maximum absolute atomic E-state index is 11.8. The smallest absolute Gasteiger partial charge is 0.346 e. The molecule has 0 fully saturated rings. The second-order valence-electron chi connectivity index (χ2n) is 4.01. The summed E-state index contributed by atoms with van der Waals surface area (Å²) in [6, 6.07) is 0. The molecule has 0 radical (unpaired) electrons. The highest BCUT2D eigenvalue weighted by Crippen LogP contribution is 2.20. The summed E-state index contributed by atoms with van der Waals surface area (Å²) in [5, 5.41) is 0. The van der Waals surface area contributed by atoms with E-state index in [0.29, 0.717) is 6.42 Å². The third-order valence-electron chi connectivity index (χ3n) is 1.78. The van der Waals surface area contributed by atoms with E-state index in [0.717, 1.165) is 0 Å². The zero-order valence-electron chi connectivity index (χ0n) is 9.58. The number of rotatable bonds is 6. The molecule has 0 spiro atoms. The molecule has 4 nitrogen and oxygen atoms in total. The normalized spacial score (nSPS) is 12.8. The molecule has 0 saturated heterocycles. The molecule has 8 heteroatoms. The zero-order valence-corrected chi connectivity index (χ0v) is 10.4. The number of halogens is 3. The molecule has 17 heavy (non-hydrogen) atoms. The van der Waals surface area contributed by atoms with Gasteiger partial charge in [-0.05, 0) is 12.3 Å². The molecule has 0 N–H and O–H groups in total. The van der Waals surface area contributed by atoms with Gasteiger partial charge in [0.25, 0.3) is 0 Å². The molecule has 0 atom stereocenters. The van der Waals surface area contributed by atoms with Crippen LogP contribution in [0.1, 0.15) is 33.1 Å². The summed E-state index contributed by atoms with van der Waals surface area (Å²) in [6.45, 7) is 3.65. The fourth-order valence-electron chi connectivity index (χ4n) is 0.872. The highest BCUT2D eigenvalue weighted by Gasteiger charge is 2.31. The first kappa shape index (κ1) is 16.2. The second kappa shape index (κ2) is 6.23. The topological polar surface area (TPSA) is 60.4 Å². The Kier molecular flexibility index (Phi) is 5.94. The van der Waals surface area contributed by atoms with Crippen molar-refractivity contribution in [3.63, 3.8) is 0 Å². The van der Waals surface area contributed by atoms with E-state index in [2.05, 4.69) is 4.18 Å². The number of hydrogen-bond donors (Lipinski definition) is 0. The third kappa shape index (κ3) is 10.1. The van der Waals surface area contributed by atoms with E-state index in [1.807, 2.05) is 13.8 Å². The minimum atomic E-state index is -4.59. The molecule has 0 saturated carbocycles. The summed E-state index contributed by atoms with van der Waals surface area (Å²) in [6.07, 6.45) is -5.80. The van der Waals surface area contributed by atoms with Gasteiger partial charge in [-0.15, -0.1) is 0 Å². The van der Waals surface area contributed by atoms with Crippen molar-refractivity contribution in [1.29, 1.82) is 0 Å². The van der Waals surface area contributed by atoms with E-state index >= 15 is 0 Å². The molecule has 0 rings (SSSR count). The summed E-state index contributed by atoms with van der Waals surface area (Å²) in [7, 11) is -4.43. The summed E-state index contributed by atoms with van der Waals surface area (Å²) in [5.74, 6) is -2.06. The molecule has 0 unspecified atom stereocenters. The van der Waals surface area contributed by atoms with Gasteiger partial charge in [0.05, 0.1) is 12.2 Å². The summed E-state index contributed by atoms with van der Waals surface area (Å²) < 4.78 is 61.3. The molecule has 0 amide bonds. The van der Waals surface area contributed by atoms with E-state index in [1.165, 1.54) is 0 Å². The Labute approximate surface area is 98.3 Å². The SMILES string of the molecule is CC(C)CCC(=O)OS(=O)(=O)CCC(F)(F)F. The minimum Gasteiger partial charge on any atom is -0.346 e. The minimum absolute atomic E-state index is 0.122. The molecule has 0 aromatic rings. The van der Waals surface area contributed by atoms with Crippen LogP contribution in [0.2, 0.25) is 0 Å². The monoisotopic (exact) mass is 276 g/mol. The van der Waals surface area contributed by atoms with Crippen molar-refractivity contribution < 1.29 is 30.6 Å². The molecular formula is C9H15F3O4S. The van der Waals surface area contributed by atoms with Crippen LogP contribution < -0.4 is 0 Å². The van der Waals surface area contributed by atoms with Gasteiger partial charge in [0.15, 0.2) is 0 Å². The first-order chi connectivity index (χ1) is 7.52. The van der Waals surface area contributed by atoms with E-state index in [9.17, 15) is 26.4 Å². The van der Waals surface area contributed by atoms with Crippen LogP contribution in [-0.4, -0.2) is 26.3 Å². The largest absolute Gasteiger partial charge is 0.390 e. The Morgan fingerprint density at radius 1 is 1.29 bits per heavy atom. The van der Waals surface area contributed by atoms with Gasteiger partial charge in [-0.3, -0.25) is 4.79 Å². The van der Waals surface area contributed by atoms with Crippen molar-refractivity contribution in [2.45, 2.75) is 39.3 Å². The van der Waals surface area contributed by atoms with Gasteiger partial charge in [0.2, 0.25) is 0 Å². The van der Waals surface area contributed by atoms with Crippen molar-refractivity contribution in [3.8, 4) is 0 Å². The molecule has 102 valence electrons. The third-order valence-corrected chi connectivity index (χ3v) is 2.93. The van der Waals surface area contributed by atoms with E-state index in [4.69, 9.17) is 0 Å². The Balaban J connectivity index is 4.13. The van der Waals surface area contributed by atoms with E-state index < -0.39 is 34.4 Å². The highest BCUT2D eigenvalue weighted by atomic mass is 32.2. The Morgan fingerprint density at radius 2 is 1.82 bits per heavy atom.